The van der Waals surface area contributed by atoms with Gasteiger partial charge in [0.1, 0.15) is 20.2 Å². The predicted octanol–water partition coefficient (Wildman–Crippen LogP) is 3.19. The summed E-state index contributed by atoms with van der Waals surface area (Å²) in [7, 11) is 9.85. The van der Waals surface area contributed by atoms with E-state index >= 15 is 0 Å². The van der Waals surface area contributed by atoms with Gasteiger partial charge in [-0.3, -0.25) is 0 Å². The first-order valence-corrected chi connectivity index (χ1v) is 7.17. The second-order valence-corrected chi connectivity index (χ2v) is 6.77. The molecule has 1 heterocycles. The highest BCUT2D eigenvalue weighted by Crippen LogP contribution is 2.23. The average molecular weight is 246 g/mol. The summed E-state index contributed by atoms with van der Waals surface area (Å²) < 4.78 is 12.1. The van der Waals surface area contributed by atoms with E-state index in [1.165, 1.54) is 0 Å². The zero-order valence-corrected chi connectivity index (χ0v) is 10.1. The molecule has 0 N–H and O–H groups in total. The molecule has 0 saturated carbocycles. The molecular formula is C5H9Cl2N3S2. The van der Waals surface area contributed by atoms with E-state index in [1.807, 2.05) is 20.8 Å². The molecule has 1 rings (SSSR count). The largest absolute Gasteiger partial charge is 0.174 e. The van der Waals surface area contributed by atoms with E-state index in [0.717, 1.165) is 0 Å². The third-order valence-electron chi connectivity index (χ3n) is 1.12. The average Bonchev–Trinajstić information content (AvgIpc) is 1.82. The van der Waals surface area contributed by atoms with Crippen molar-refractivity contribution >= 4 is 47.4 Å². The zero-order chi connectivity index (χ0) is 9.35. The fourth-order valence-corrected chi connectivity index (χ4v) is 3.77. The molecule has 0 bridgehead atoms. The molecule has 0 aliphatic carbocycles. The van der Waals surface area contributed by atoms with Crippen LogP contribution in [0, 0.1) is 5.41 Å². The van der Waals surface area contributed by atoms with E-state index in [1.54, 1.807) is 0 Å². The van der Waals surface area contributed by atoms with Crippen LogP contribution >= 0.6 is 21.4 Å². The molecule has 0 aromatic heterocycles. The Morgan fingerprint density at radius 2 is 1.75 bits per heavy atom. The van der Waals surface area contributed by atoms with Crippen molar-refractivity contribution in [2.24, 2.45) is 17.9 Å². The van der Waals surface area contributed by atoms with Crippen LogP contribution in [0.25, 0.3) is 0 Å². The van der Waals surface area contributed by atoms with Gasteiger partial charge in [-0.05, 0) is 21.4 Å². The van der Waals surface area contributed by atoms with Crippen LogP contribution in [0.2, 0.25) is 0 Å². The van der Waals surface area contributed by atoms with Crippen LogP contribution < -0.4 is 0 Å². The van der Waals surface area contributed by atoms with Crippen molar-refractivity contribution in [1.82, 2.24) is 0 Å². The standard InChI is InChI=1S/C5H9Cl2N3S2/c1-5(2,3)4-8-11(6)10-12(7)9-4/h1-3H3. The Bertz CT molecular complexity index is 287. The maximum Gasteiger partial charge on any atom is 0.154 e. The van der Waals surface area contributed by atoms with Gasteiger partial charge in [0.2, 0.25) is 0 Å². The summed E-state index contributed by atoms with van der Waals surface area (Å²) in [5.74, 6) is 0.703. The van der Waals surface area contributed by atoms with E-state index < -0.39 is 20.2 Å². The van der Waals surface area contributed by atoms with Gasteiger partial charge in [-0.1, -0.05) is 20.8 Å². The molecule has 0 aromatic rings. The summed E-state index contributed by atoms with van der Waals surface area (Å²) in [6, 6.07) is 0. The molecule has 7 heteroatoms. The third-order valence-corrected chi connectivity index (χ3v) is 4.18. The van der Waals surface area contributed by atoms with Gasteiger partial charge in [0.25, 0.3) is 0 Å². The highest BCUT2D eigenvalue weighted by molar-refractivity contribution is 8.19. The maximum atomic E-state index is 5.75. The van der Waals surface area contributed by atoms with Crippen molar-refractivity contribution in [3.05, 3.63) is 0 Å². The van der Waals surface area contributed by atoms with E-state index in [2.05, 4.69) is 12.5 Å². The lowest BCUT2D eigenvalue weighted by atomic mass is 9.96. The first kappa shape index (κ1) is 10.6. The van der Waals surface area contributed by atoms with Crippen molar-refractivity contribution < 1.29 is 0 Å². The van der Waals surface area contributed by atoms with Crippen molar-refractivity contribution in [3.8, 4) is 0 Å². The predicted molar refractivity (Wildman–Crippen MR) is 58.2 cm³/mol. The summed E-state index contributed by atoms with van der Waals surface area (Å²) in [4.78, 5) is 0. The lowest BCUT2D eigenvalue weighted by Gasteiger charge is -2.18. The van der Waals surface area contributed by atoms with Gasteiger partial charge in [0.15, 0.2) is 5.84 Å². The van der Waals surface area contributed by atoms with Crippen LogP contribution in [0.1, 0.15) is 20.8 Å². The van der Waals surface area contributed by atoms with E-state index in [4.69, 9.17) is 21.4 Å². The molecule has 1 aliphatic rings. The molecule has 0 fully saturated rings. The van der Waals surface area contributed by atoms with Crippen molar-refractivity contribution in [3.63, 3.8) is 0 Å². The number of rotatable bonds is 0. The van der Waals surface area contributed by atoms with Gasteiger partial charge in [0, 0.05) is 5.41 Å². The molecule has 0 aromatic carbocycles. The number of halogens is 2. The smallest absolute Gasteiger partial charge is 0.154 e. The van der Waals surface area contributed by atoms with Gasteiger partial charge in [0.05, 0.1) is 0 Å². The van der Waals surface area contributed by atoms with Crippen molar-refractivity contribution in [1.29, 1.82) is 0 Å². The quantitative estimate of drug-likeness (QED) is 0.629. The summed E-state index contributed by atoms with van der Waals surface area (Å²) in [6.45, 7) is 6.05. The normalized spacial score (nSPS) is 30.2. The van der Waals surface area contributed by atoms with Crippen LogP contribution in [-0.2, 0) is 20.2 Å². The van der Waals surface area contributed by atoms with Crippen molar-refractivity contribution in [2.45, 2.75) is 20.8 Å². The molecule has 2 unspecified atom stereocenters. The van der Waals surface area contributed by atoms with Gasteiger partial charge >= 0.3 is 0 Å². The maximum absolute atomic E-state index is 5.75. The summed E-state index contributed by atoms with van der Waals surface area (Å²) >= 11 is 0. The molecule has 70 valence electrons. The fourth-order valence-electron chi connectivity index (χ4n) is 0.517. The molecule has 2 atom stereocenters. The lowest BCUT2D eigenvalue weighted by molar-refractivity contribution is 0.587. The number of hydrogen-bond donors (Lipinski definition) is 0. The van der Waals surface area contributed by atoms with Crippen LogP contribution in [0.5, 0.6) is 0 Å². The molecule has 3 nitrogen and oxygen atoms in total. The molecule has 0 saturated heterocycles. The second kappa shape index (κ2) is 3.74. The first-order valence-electron chi connectivity index (χ1n) is 3.24. The molecular weight excluding hydrogens is 237 g/mol. The Morgan fingerprint density at radius 1 is 1.17 bits per heavy atom. The molecule has 0 spiro atoms. The minimum Gasteiger partial charge on any atom is -0.174 e. The van der Waals surface area contributed by atoms with Crippen LogP contribution in [0.15, 0.2) is 12.5 Å². The number of nitrogens with zero attached hydrogens (tertiary/aromatic N) is 3. The topological polar surface area (TPSA) is 37.1 Å². The van der Waals surface area contributed by atoms with Crippen LogP contribution in [0.3, 0.4) is 0 Å². The molecule has 0 amide bonds. The molecule has 0 radical (unpaired) electrons. The number of amidine groups is 1. The van der Waals surface area contributed by atoms with Crippen LogP contribution in [-0.4, -0.2) is 5.84 Å². The molecule has 1 aliphatic heterocycles. The summed E-state index contributed by atoms with van der Waals surface area (Å²) in [5, 5.41) is 0. The van der Waals surface area contributed by atoms with Crippen LogP contribution in [0.4, 0.5) is 0 Å². The number of hydrogen-bond acceptors (Lipinski definition) is 3. The Kier molecular flexibility index (Phi) is 3.31. The van der Waals surface area contributed by atoms with E-state index in [0.29, 0.717) is 5.84 Å². The highest BCUT2D eigenvalue weighted by atomic mass is 35.7. The Hall–Kier alpha value is 0.550. The SMILES string of the molecule is CC(C)(C)C1=NS(Cl)=NS(Cl)=N1. The van der Waals surface area contributed by atoms with Gasteiger partial charge < -0.3 is 0 Å². The monoisotopic (exact) mass is 245 g/mol. The Morgan fingerprint density at radius 3 is 2.17 bits per heavy atom. The van der Waals surface area contributed by atoms with E-state index in [9.17, 15) is 0 Å². The first-order chi connectivity index (χ1) is 5.39. The highest BCUT2D eigenvalue weighted by Gasteiger charge is 2.21. The fraction of sp³-hybridized carbons (Fsp3) is 0.800. The van der Waals surface area contributed by atoms with Crippen molar-refractivity contribution in [2.75, 3.05) is 0 Å². The summed E-state index contributed by atoms with van der Waals surface area (Å²) in [5.41, 5.74) is -0.101. The van der Waals surface area contributed by atoms with Gasteiger partial charge in [-0.15, -0.1) is 3.77 Å². The Balaban J connectivity index is 3.04. The molecule has 12 heavy (non-hydrogen) atoms. The summed E-state index contributed by atoms with van der Waals surface area (Å²) in [6.07, 6.45) is 0. The second-order valence-electron chi connectivity index (χ2n) is 3.27. The zero-order valence-electron chi connectivity index (χ0n) is 6.91. The minimum atomic E-state index is -0.825. The Labute approximate surface area is 86.0 Å². The van der Waals surface area contributed by atoms with Gasteiger partial charge in [-0.2, -0.15) is 8.76 Å². The van der Waals surface area contributed by atoms with E-state index in [-0.39, 0.29) is 5.41 Å². The van der Waals surface area contributed by atoms with Gasteiger partial charge in [-0.25, -0.2) is 0 Å². The third kappa shape index (κ3) is 2.80. The minimum absolute atomic E-state index is 0.101. The lowest BCUT2D eigenvalue weighted by Crippen LogP contribution is -2.19.